The van der Waals surface area contributed by atoms with Crippen LogP contribution in [0.3, 0.4) is 0 Å². The van der Waals surface area contributed by atoms with E-state index in [0.717, 1.165) is 22.4 Å². The summed E-state index contributed by atoms with van der Waals surface area (Å²) in [7, 11) is 0. The molecule has 0 saturated carbocycles. The molecular formula is C20H17F2NS. The van der Waals surface area contributed by atoms with E-state index in [1.807, 2.05) is 18.2 Å². The zero-order chi connectivity index (χ0) is 17.1. The second-order valence-corrected chi connectivity index (χ2v) is 8.10. The van der Waals surface area contributed by atoms with Crippen LogP contribution in [0.4, 0.5) is 8.78 Å². The summed E-state index contributed by atoms with van der Waals surface area (Å²) in [5.74, 6) is -1.63. The smallest absolute Gasteiger partial charge is 0.167 e. The van der Waals surface area contributed by atoms with Crippen molar-refractivity contribution in [1.82, 2.24) is 4.98 Å². The van der Waals surface area contributed by atoms with Crippen LogP contribution < -0.4 is 0 Å². The zero-order valence-corrected chi connectivity index (χ0v) is 14.5. The number of hydrogen-bond donors (Lipinski definition) is 0. The normalized spacial score (nSPS) is 16.1. The van der Waals surface area contributed by atoms with E-state index in [9.17, 15) is 8.78 Å². The molecule has 0 fully saturated rings. The Morgan fingerprint density at radius 1 is 1.00 bits per heavy atom. The van der Waals surface area contributed by atoms with Gasteiger partial charge in [-0.1, -0.05) is 51.1 Å². The first-order valence-corrected chi connectivity index (χ1v) is 8.78. The van der Waals surface area contributed by atoms with Crippen LogP contribution in [-0.2, 0) is 0 Å². The molecule has 1 heterocycles. The standard InChI is InChI=1S/C20H17F2NS/c1-20(2,3)16-11-6-4-5-7-12(11)18-19(24-10-23-18)15-13(16)8-9-14(21)17(15)22/h4-10,16H,1-3H3. The molecular weight excluding hydrogens is 324 g/mol. The SMILES string of the molecule is CC(C)(C)C1c2ccccc2-c2ncsc2-c2c1ccc(F)c2F. The zero-order valence-electron chi connectivity index (χ0n) is 13.7. The van der Waals surface area contributed by atoms with Gasteiger partial charge in [0.25, 0.3) is 0 Å². The Kier molecular flexibility index (Phi) is 3.36. The number of fused-ring (bicyclic) bond motifs is 5. The highest BCUT2D eigenvalue weighted by molar-refractivity contribution is 7.13. The Hall–Kier alpha value is -2.07. The Morgan fingerprint density at radius 3 is 2.50 bits per heavy atom. The van der Waals surface area contributed by atoms with Crippen molar-refractivity contribution >= 4 is 11.3 Å². The topological polar surface area (TPSA) is 12.9 Å². The van der Waals surface area contributed by atoms with Gasteiger partial charge in [-0.2, -0.15) is 0 Å². The molecule has 1 atom stereocenters. The average Bonchev–Trinajstić information content (AvgIpc) is 2.95. The number of hydrogen-bond acceptors (Lipinski definition) is 2. The molecule has 1 aliphatic carbocycles. The number of rotatable bonds is 0. The number of halogens is 2. The van der Waals surface area contributed by atoms with Gasteiger partial charge in [-0.05, 0) is 22.6 Å². The molecule has 1 aromatic heterocycles. The van der Waals surface area contributed by atoms with Gasteiger partial charge >= 0.3 is 0 Å². The second-order valence-electron chi connectivity index (χ2n) is 7.24. The van der Waals surface area contributed by atoms with Crippen molar-refractivity contribution in [2.75, 3.05) is 0 Å². The minimum absolute atomic E-state index is 0.0415. The molecule has 24 heavy (non-hydrogen) atoms. The predicted molar refractivity (Wildman–Crippen MR) is 94.2 cm³/mol. The Morgan fingerprint density at radius 2 is 1.75 bits per heavy atom. The van der Waals surface area contributed by atoms with Gasteiger partial charge in [-0.15, -0.1) is 11.3 Å². The van der Waals surface area contributed by atoms with Gasteiger partial charge < -0.3 is 0 Å². The third-order valence-corrected chi connectivity index (χ3v) is 5.47. The third kappa shape index (κ3) is 2.13. The molecule has 2 aromatic carbocycles. The minimum Gasteiger partial charge on any atom is -0.244 e. The van der Waals surface area contributed by atoms with Gasteiger partial charge in [0.1, 0.15) is 0 Å². The molecule has 1 nitrogen and oxygen atoms in total. The molecule has 122 valence electrons. The van der Waals surface area contributed by atoms with Crippen molar-refractivity contribution in [2.45, 2.75) is 26.7 Å². The summed E-state index contributed by atoms with van der Waals surface area (Å²) < 4.78 is 28.8. The molecule has 0 saturated heterocycles. The maximum Gasteiger partial charge on any atom is 0.167 e. The fraction of sp³-hybridized carbons (Fsp3) is 0.250. The lowest BCUT2D eigenvalue weighted by Gasteiger charge is -2.33. The van der Waals surface area contributed by atoms with Crippen LogP contribution in [0, 0.1) is 17.0 Å². The minimum atomic E-state index is -0.813. The van der Waals surface area contributed by atoms with E-state index in [-0.39, 0.29) is 11.3 Å². The van der Waals surface area contributed by atoms with Crippen molar-refractivity contribution in [3.63, 3.8) is 0 Å². The van der Waals surface area contributed by atoms with Gasteiger partial charge in [-0.25, -0.2) is 13.8 Å². The van der Waals surface area contributed by atoms with E-state index >= 15 is 0 Å². The second kappa shape index (κ2) is 5.21. The lowest BCUT2D eigenvalue weighted by molar-refractivity contribution is 0.358. The Bertz CT molecular complexity index is 937. The largest absolute Gasteiger partial charge is 0.244 e. The highest BCUT2D eigenvalue weighted by atomic mass is 32.1. The fourth-order valence-corrected chi connectivity index (χ4v) is 4.58. The van der Waals surface area contributed by atoms with Gasteiger partial charge in [0.2, 0.25) is 0 Å². The molecule has 0 bridgehead atoms. The van der Waals surface area contributed by atoms with Crippen molar-refractivity contribution in [3.8, 4) is 21.7 Å². The maximum absolute atomic E-state index is 14.8. The van der Waals surface area contributed by atoms with E-state index < -0.39 is 11.6 Å². The Labute approximate surface area is 144 Å². The van der Waals surface area contributed by atoms with Crippen LogP contribution in [0.15, 0.2) is 41.9 Å². The first-order chi connectivity index (χ1) is 11.4. The van der Waals surface area contributed by atoms with E-state index in [4.69, 9.17) is 0 Å². The predicted octanol–water partition coefficient (Wildman–Crippen LogP) is 6.25. The molecule has 0 spiro atoms. The summed E-state index contributed by atoms with van der Waals surface area (Å²) in [5.41, 5.74) is 5.61. The van der Waals surface area contributed by atoms with Crippen LogP contribution in [0.1, 0.15) is 37.8 Å². The van der Waals surface area contributed by atoms with Gasteiger partial charge in [0.05, 0.1) is 16.1 Å². The summed E-state index contributed by atoms with van der Waals surface area (Å²) >= 11 is 1.36. The monoisotopic (exact) mass is 341 g/mol. The molecule has 4 rings (SSSR count). The highest BCUT2D eigenvalue weighted by Gasteiger charge is 2.37. The highest BCUT2D eigenvalue weighted by Crippen LogP contribution is 2.53. The lowest BCUT2D eigenvalue weighted by Crippen LogP contribution is -2.20. The number of aromatic nitrogens is 1. The molecule has 0 radical (unpaired) electrons. The number of benzene rings is 2. The van der Waals surface area contributed by atoms with Crippen molar-refractivity contribution < 1.29 is 8.78 Å². The molecule has 1 aliphatic rings. The van der Waals surface area contributed by atoms with Crippen molar-refractivity contribution in [1.29, 1.82) is 0 Å². The van der Waals surface area contributed by atoms with Gasteiger partial charge in [-0.3, -0.25) is 0 Å². The number of nitrogens with zero attached hydrogens (tertiary/aromatic N) is 1. The van der Waals surface area contributed by atoms with Crippen LogP contribution in [0.25, 0.3) is 21.7 Å². The third-order valence-electron chi connectivity index (χ3n) is 4.63. The van der Waals surface area contributed by atoms with Crippen LogP contribution in [0.5, 0.6) is 0 Å². The van der Waals surface area contributed by atoms with Gasteiger partial charge in [0, 0.05) is 17.0 Å². The first kappa shape index (κ1) is 15.5. The maximum atomic E-state index is 14.8. The fourth-order valence-electron chi connectivity index (χ4n) is 3.72. The molecule has 0 aliphatic heterocycles. The first-order valence-electron chi connectivity index (χ1n) is 7.90. The molecule has 0 amide bonds. The molecule has 4 heteroatoms. The summed E-state index contributed by atoms with van der Waals surface area (Å²) in [5, 5.41) is 0. The van der Waals surface area contributed by atoms with E-state index in [1.165, 1.54) is 17.4 Å². The van der Waals surface area contributed by atoms with Crippen LogP contribution in [0.2, 0.25) is 0 Å². The summed E-state index contributed by atoms with van der Waals surface area (Å²) in [4.78, 5) is 5.18. The molecule has 3 aromatic rings. The van der Waals surface area contributed by atoms with E-state index in [1.54, 1.807) is 11.6 Å². The Balaban J connectivity index is 2.19. The quantitative estimate of drug-likeness (QED) is 0.471. The number of thiazole rings is 1. The average molecular weight is 341 g/mol. The summed E-state index contributed by atoms with van der Waals surface area (Å²) in [6, 6.07) is 11.0. The van der Waals surface area contributed by atoms with Crippen molar-refractivity contribution in [3.05, 3.63) is 64.7 Å². The van der Waals surface area contributed by atoms with Crippen molar-refractivity contribution in [2.24, 2.45) is 5.41 Å². The van der Waals surface area contributed by atoms with Crippen LogP contribution in [-0.4, -0.2) is 4.98 Å². The lowest BCUT2D eigenvalue weighted by atomic mass is 9.71. The summed E-state index contributed by atoms with van der Waals surface area (Å²) in [6.45, 7) is 6.39. The van der Waals surface area contributed by atoms with E-state index in [2.05, 4.69) is 31.8 Å². The molecule has 0 N–H and O–H groups in total. The van der Waals surface area contributed by atoms with Crippen LogP contribution >= 0.6 is 11.3 Å². The van der Waals surface area contributed by atoms with Gasteiger partial charge in [0.15, 0.2) is 11.6 Å². The summed E-state index contributed by atoms with van der Waals surface area (Å²) in [6.07, 6.45) is 0. The van der Waals surface area contributed by atoms with E-state index in [0.29, 0.717) is 10.4 Å². The molecule has 1 unspecified atom stereocenters.